The molecule has 0 aliphatic carbocycles. The molecule has 0 atom stereocenters. The second-order valence-electron chi connectivity index (χ2n) is 4.21. The first-order valence-electron chi connectivity index (χ1n) is 6.04. The molecular formula is C15H15NO4. The maximum atomic E-state index is 12.0. The van der Waals surface area contributed by atoms with E-state index in [0.29, 0.717) is 6.54 Å². The van der Waals surface area contributed by atoms with Crippen molar-refractivity contribution in [2.24, 2.45) is 0 Å². The van der Waals surface area contributed by atoms with E-state index in [2.05, 4.69) is 5.32 Å². The van der Waals surface area contributed by atoms with Crippen molar-refractivity contribution in [3.63, 3.8) is 0 Å². The van der Waals surface area contributed by atoms with Crippen molar-refractivity contribution in [2.45, 2.75) is 6.54 Å². The van der Waals surface area contributed by atoms with Gasteiger partial charge in [0, 0.05) is 6.54 Å². The molecule has 0 fully saturated rings. The first-order chi connectivity index (χ1) is 9.61. The van der Waals surface area contributed by atoms with Crippen molar-refractivity contribution in [2.75, 3.05) is 7.11 Å². The Morgan fingerprint density at radius 2 is 1.85 bits per heavy atom. The number of amides is 1. The van der Waals surface area contributed by atoms with E-state index in [1.54, 1.807) is 36.4 Å². The first kappa shape index (κ1) is 13.7. The van der Waals surface area contributed by atoms with E-state index in [-0.39, 0.29) is 22.8 Å². The summed E-state index contributed by atoms with van der Waals surface area (Å²) in [6, 6.07) is 11.2. The lowest BCUT2D eigenvalue weighted by atomic mass is 10.1. The lowest BCUT2D eigenvalue weighted by molar-refractivity contribution is 0.0947. The van der Waals surface area contributed by atoms with Gasteiger partial charge in [0.1, 0.15) is 5.75 Å². The van der Waals surface area contributed by atoms with E-state index < -0.39 is 5.91 Å². The van der Waals surface area contributed by atoms with Gasteiger partial charge in [-0.05, 0) is 29.8 Å². The molecule has 0 spiro atoms. The van der Waals surface area contributed by atoms with Gasteiger partial charge in [-0.3, -0.25) is 4.79 Å². The Balaban J connectivity index is 2.07. The molecule has 1 amide bonds. The molecule has 5 heteroatoms. The number of para-hydroxylation sites is 1. The summed E-state index contributed by atoms with van der Waals surface area (Å²) in [6.45, 7) is 0.301. The largest absolute Gasteiger partial charge is 0.508 e. The lowest BCUT2D eigenvalue weighted by Crippen LogP contribution is -2.22. The third-order valence-corrected chi connectivity index (χ3v) is 2.85. The Hall–Kier alpha value is -2.69. The third kappa shape index (κ3) is 3.00. The zero-order chi connectivity index (χ0) is 14.5. The molecule has 2 aromatic rings. The summed E-state index contributed by atoms with van der Waals surface area (Å²) in [4.78, 5) is 12.0. The zero-order valence-corrected chi connectivity index (χ0v) is 11.0. The van der Waals surface area contributed by atoms with Gasteiger partial charge in [-0.1, -0.05) is 18.2 Å². The maximum absolute atomic E-state index is 12.0. The molecule has 0 unspecified atom stereocenters. The van der Waals surface area contributed by atoms with Crippen molar-refractivity contribution in [3.8, 4) is 17.2 Å². The fourth-order valence-electron chi connectivity index (χ4n) is 1.76. The third-order valence-electron chi connectivity index (χ3n) is 2.85. The Morgan fingerprint density at radius 1 is 1.15 bits per heavy atom. The van der Waals surface area contributed by atoms with Gasteiger partial charge < -0.3 is 20.3 Å². The number of hydrogen-bond acceptors (Lipinski definition) is 4. The Bertz CT molecular complexity index is 608. The lowest BCUT2D eigenvalue weighted by Gasteiger charge is -2.09. The van der Waals surface area contributed by atoms with Gasteiger partial charge in [-0.2, -0.15) is 0 Å². The number of methoxy groups -OCH3 is 1. The highest BCUT2D eigenvalue weighted by molar-refractivity contribution is 5.97. The monoisotopic (exact) mass is 273 g/mol. The minimum absolute atomic E-state index is 0.156. The fraction of sp³-hybridized carbons (Fsp3) is 0.133. The van der Waals surface area contributed by atoms with Crippen LogP contribution in [0.4, 0.5) is 0 Å². The summed E-state index contributed by atoms with van der Waals surface area (Å²) in [6.07, 6.45) is 0. The summed E-state index contributed by atoms with van der Waals surface area (Å²) in [5.41, 5.74) is 1.00. The molecule has 0 heterocycles. The predicted octanol–water partition coefficient (Wildman–Crippen LogP) is 2.04. The number of hydrogen-bond donors (Lipinski definition) is 3. The van der Waals surface area contributed by atoms with Gasteiger partial charge in [0.15, 0.2) is 11.5 Å². The summed E-state index contributed by atoms with van der Waals surface area (Å²) >= 11 is 0. The fourth-order valence-corrected chi connectivity index (χ4v) is 1.76. The number of nitrogens with one attached hydrogen (secondary N) is 1. The number of rotatable bonds is 4. The minimum atomic E-state index is -0.394. The van der Waals surface area contributed by atoms with Crippen LogP contribution >= 0.6 is 0 Å². The molecule has 0 aliphatic heterocycles. The van der Waals surface area contributed by atoms with E-state index in [0.717, 1.165) is 5.56 Å². The van der Waals surface area contributed by atoms with Gasteiger partial charge in [0.2, 0.25) is 0 Å². The van der Waals surface area contributed by atoms with Crippen LogP contribution in [0.25, 0.3) is 0 Å². The Morgan fingerprint density at radius 3 is 2.50 bits per heavy atom. The van der Waals surface area contributed by atoms with Crippen LogP contribution in [-0.2, 0) is 6.54 Å². The quantitative estimate of drug-likeness (QED) is 0.796. The highest BCUT2D eigenvalue weighted by atomic mass is 16.5. The van der Waals surface area contributed by atoms with E-state index in [9.17, 15) is 15.0 Å². The van der Waals surface area contributed by atoms with Crippen molar-refractivity contribution in [3.05, 3.63) is 53.6 Å². The molecule has 0 radical (unpaired) electrons. The summed E-state index contributed by atoms with van der Waals surface area (Å²) < 4.78 is 4.95. The van der Waals surface area contributed by atoms with Gasteiger partial charge in [-0.25, -0.2) is 0 Å². The van der Waals surface area contributed by atoms with Crippen molar-refractivity contribution in [1.82, 2.24) is 5.32 Å². The molecule has 0 saturated carbocycles. The second-order valence-corrected chi connectivity index (χ2v) is 4.21. The topological polar surface area (TPSA) is 78.8 Å². The van der Waals surface area contributed by atoms with Gasteiger partial charge >= 0.3 is 0 Å². The van der Waals surface area contributed by atoms with Crippen LogP contribution in [0.3, 0.4) is 0 Å². The standard InChI is InChI=1S/C15H15NO4/c1-20-13-4-2-3-12(14(13)18)15(19)16-9-10-5-7-11(17)8-6-10/h2-8,17-18H,9H2,1H3,(H,16,19). The van der Waals surface area contributed by atoms with E-state index >= 15 is 0 Å². The van der Waals surface area contributed by atoms with Crippen LogP contribution in [0.1, 0.15) is 15.9 Å². The minimum Gasteiger partial charge on any atom is -0.508 e. The smallest absolute Gasteiger partial charge is 0.255 e. The van der Waals surface area contributed by atoms with Crippen LogP contribution in [0.2, 0.25) is 0 Å². The van der Waals surface area contributed by atoms with E-state index in [1.165, 1.54) is 13.2 Å². The average molecular weight is 273 g/mol. The molecule has 0 saturated heterocycles. The molecule has 2 rings (SSSR count). The summed E-state index contributed by atoms with van der Waals surface area (Å²) in [5, 5.41) is 21.7. The second kappa shape index (κ2) is 5.97. The normalized spacial score (nSPS) is 10.1. The average Bonchev–Trinajstić information content (AvgIpc) is 2.46. The number of benzene rings is 2. The number of phenolic OH excluding ortho intramolecular Hbond substituents is 2. The summed E-state index contributed by atoms with van der Waals surface area (Å²) in [7, 11) is 1.42. The Kier molecular flexibility index (Phi) is 4.10. The SMILES string of the molecule is COc1cccc(C(=O)NCc2ccc(O)cc2)c1O. The molecule has 0 aromatic heterocycles. The van der Waals surface area contributed by atoms with Crippen molar-refractivity contribution < 1.29 is 19.7 Å². The first-order valence-corrected chi connectivity index (χ1v) is 6.04. The van der Waals surface area contributed by atoms with Gasteiger partial charge in [0.25, 0.3) is 5.91 Å². The molecule has 5 nitrogen and oxygen atoms in total. The Labute approximate surface area is 116 Å². The molecule has 20 heavy (non-hydrogen) atoms. The number of phenols is 2. The van der Waals surface area contributed by atoms with E-state index in [4.69, 9.17) is 4.74 Å². The maximum Gasteiger partial charge on any atom is 0.255 e. The van der Waals surface area contributed by atoms with Crippen LogP contribution in [0, 0.1) is 0 Å². The molecular weight excluding hydrogens is 258 g/mol. The van der Waals surface area contributed by atoms with Crippen LogP contribution < -0.4 is 10.1 Å². The number of carbonyl (C=O) groups is 1. The van der Waals surface area contributed by atoms with Gasteiger partial charge in [0.05, 0.1) is 12.7 Å². The summed E-state index contributed by atoms with van der Waals surface area (Å²) in [5.74, 6) is -0.152. The molecule has 2 aromatic carbocycles. The van der Waals surface area contributed by atoms with Crippen molar-refractivity contribution in [1.29, 1.82) is 0 Å². The number of carbonyl (C=O) groups excluding carboxylic acids is 1. The van der Waals surface area contributed by atoms with E-state index in [1.807, 2.05) is 0 Å². The van der Waals surface area contributed by atoms with Crippen LogP contribution in [0.5, 0.6) is 17.2 Å². The number of aromatic hydroxyl groups is 2. The molecule has 0 bridgehead atoms. The van der Waals surface area contributed by atoms with Gasteiger partial charge in [-0.15, -0.1) is 0 Å². The number of ether oxygens (including phenoxy) is 1. The van der Waals surface area contributed by atoms with Crippen molar-refractivity contribution >= 4 is 5.91 Å². The molecule has 0 aliphatic rings. The van der Waals surface area contributed by atoms with Crippen LogP contribution in [0.15, 0.2) is 42.5 Å². The molecule has 3 N–H and O–H groups in total. The highest BCUT2D eigenvalue weighted by Crippen LogP contribution is 2.29. The molecule has 104 valence electrons. The predicted molar refractivity (Wildman–Crippen MR) is 73.9 cm³/mol. The highest BCUT2D eigenvalue weighted by Gasteiger charge is 2.14. The zero-order valence-electron chi connectivity index (χ0n) is 11.0. The van der Waals surface area contributed by atoms with Crippen LogP contribution in [-0.4, -0.2) is 23.2 Å².